The Labute approximate surface area is 164 Å². The number of nitriles is 1. The van der Waals surface area contributed by atoms with E-state index in [1.165, 1.54) is 16.4 Å². The van der Waals surface area contributed by atoms with Gasteiger partial charge >= 0.3 is 0 Å². The van der Waals surface area contributed by atoms with E-state index in [1.807, 2.05) is 12.1 Å². The van der Waals surface area contributed by atoms with E-state index >= 15 is 0 Å². The Hall–Kier alpha value is -2.73. The molecule has 0 N–H and O–H groups in total. The maximum Gasteiger partial charge on any atom is 0.253 e. The molecule has 8 heteroatoms. The van der Waals surface area contributed by atoms with Crippen molar-refractivity contribution >= 4 is 15.9 Å². The number of nitrogens with zero attached hydrogens (tertiary/aromatic N) is 3. The number of hydrogen-bond donors (Lipinski definition) is 0. The van der Waals surface area contributed by atoms with Crippen LogP contribution < -0.4 is 0 Å². The van der Waals surface area contributed by atoms with Crippen LogP contribution in [0.15, 0.2) is 53.4 Å². The van der Waals surface area contributed by atoms with Crippen LogP contribution in [-0.4, -0.2) is 56.8 Å². The molecule has 0 saturated carbocycles. The minimum atomic E-state index is -3.78. The number of ether oxygens (including phenoxy) is 1. The summed E-state index contributed by atoms with van der Waals surface area (Å²) in [6.07, 6.45) is 0. The molecule has 1 heterocycles. The van der Waals surface area contributed by atoms with Gasteiger partial charge in [-0.05, 0) is 29.8 Å². The second-order valence-corrected chi connectivity index (χ2v) is 8.34. The van der Waals surface area contributed by atoms with Crippen LogP contribution in [0.3, 0.4) is 0 Å². The van der Waals surface area contributed by atoms with E-state index < -0.39 is 10.0 Å². The molecule has 28 heavy (non-hydrogen) atoms. The van der Waals surface area contributed by atoms with Crippen LogP contribution in [0.4, 0.5) is 0 Å². The molecule has 1 amide bonds. The van der Waals surface area contributed by atoms with Crippen molar-refractivity contribution in [2.45, 2.75) is 11.5 Å². The highest BCUT2D eigenvalue weighted by molar-refractivity contribution is 7.89. The topological polar surface area (TPSA) is 90.7 Å². The summed E-state index contributed by atoms with van der Waals surface area (Å²) in [4.78, 5) is 14.4. The lowest BCUT2D eigenvalue weighted by Crippen LogP contribution is -2.50. The lowest BCUT2D eigenvalue weighted by atomic mass is 10.1. The Kier molecular flexibility index (Phi) is 6.09. The molecule has 1 aliphatic heterocycles. The second-order valence-electron chi connectivity index (χ2n) is 6.44. The maximum absolute atomic E-state index is 12.9. The van der Waals surface area contributed by atoms with Gasteiger partial charge in [-0.3, -0.25) is 4.79 Å². The standard InChI is InChI=1S/C20H21N3O4S/c1-27-15-16-5-4-7-17(13-16)20(24)22-9-11-23(12-10-22)28(25,26)19-8-3-2-6-18(19)14-21/h2-8,13H,9-12,15H2,1H3. The smallest absolute Gasteiger partial charge is 0.253 e. The predicted molar refractivity (Wildman–Crippen MR) is 103 cm³/mol. The van der Waals surface area contributed by atoms with Crippen molar-refractivity contribution < 1.29 is 17.9 Å². The number of hydrogen-bond acceptors (Lipinski definition) is 5. The molecule has 3 rings (SSSR count). The summed E-state index contributed by atoms with van der Waals surface area (Å²) in [5.74, 6) is -0.132. The van der Waals surface area contributed by atoms with Crippen molar-refractivity contribution in [3.05, 3.63) is 65.2 Å². The lowest BCUT2D eigenvalue weighted by molar-refractivity contribution is 0.0697. The summed E-state index contributed by atoms with van der Waals surface area (Å²) in [6.45, 7) is 1.38. The van der Waals surface area contributed by atoms with Crippen LogP contribution in [0.25, 0.3) is 0 Å². The average Bonchev–Trinajstić information content (AvgIpc) is 2.73. The van der Waals surface area contributed by atoms with Crippen LogP contribution >= 0.6 is 0 Å². The molecule has 0 unspecified atom stereocenters. The van der Waals surface area contributed by atoms with Crippen LogP contribution in [0.2, 0.25) is 0 Å². The SMILES string of the molecule is COCc1cccc(C(=O)N2CCN(S(=O)(=O)c3ccccc3C#N)CC2)c1. The van der Waals surface area contributed by atoms with Gasteiger partial charge in [-0.15, -0.1) is 0 Å². The number of carbonyl (C=O) groups excluding carboxylic acids is 1. The lowest BCUT2D eigenvalue weighted by Gasteiger charge is -2.34. The van der Waals surface area contributed by atoms with E-state index in [0.29, 0.717) is 25.3 Å². The van der Waals surface area contributed by atoms with E-state index in [4.69, 9.17) is 4.74 Å². The number of sulfonamides is 1. The van der Waals surface area contributed by atoms with Gasteiger partial charge < -0.3 is 9.64 Å². The number of amides is 1. The second kappa shape index (κ2) is 8.52. The first kappa shape index (κ1) is 20.0. The van der Waals surface area contributed by atoms with Gasteiger partial charge in [-0.25, -0.2) is 8.42 Å². The third-order valence-corrected chi connectivity index (χ3v) is 6.59. The monoisotopic (exact) mass is 399 g/mol. The molecule has 1 fully saturated rings. The molecular weight excluding hydrogens is 378 g/mol. The number of carbonyl (C=O) groups is 1. The fourth-order valence-electron chi connectivity index (χ4n) is 3.20. The molecule has 1 saturated heterocycles. The van der Waals surface area contributed by atoms with Crippen molar-refractivity contribution in [2.24, 2.45) is 0 Å². The summed E-state index contributed by atoms with van der Waals surface area (Å²) in [6, 6.07) is 15.3. The van der Waals surface area contributed by atoms with E-state index in [-0.39, 0.29) is 29.5 Å². The van der Waals surface area contributed by atoms with Crippen molar-refractivity contribution in [2.75, 3.05) is 33.3 Å². The molecule has 0 spiro atoms. The van der Waals surface area contributed by atoms with Crippen molar-refractivity contribution in [1.29, 1.82) is 5.26 Å². The summed E-state index contributed by atoms with van der Waals surface area (Å²) in [7, 11) is -2.18. The molecule has 146 valence electrons. The molecule has 0 aromatic heterocycles. The van der Waals surface area contributed by atoms with Crippen LogP contribution in [0.1, 0.15) is 21.5 Å². The fraction of sp³-hybridized carbons (Fsp3) is 0.300. The zero-order chi connectivity index (χ0) is 20.1. The average molecular weight is 399 g/mol. The van der Waals surface area contributed by atoms with E-state index in [1.54, 1.807) is 42.3 Å². The van der Waals surface area contributed by atoms with E-state index in [0.717, 1.165) is 5.56 Å². The summed E-state index contributed by atoms with van der Waals surface area (Å²) in [5.41, 5.74) is 1.58. The highest BCUT2D eigenvalue weighted by Crippen LogP contribution is 2.21. The fourth-order valence-corrected chi connectivity index (χ4v) is 4.76. The number of benzene rings is 2. The zero-order valence-electron chi connectivity index (χ0n) is 15.5. The van der Waals surface area contributed by atoms with Gasteiger partial charge in [0.1, 0.15) is 6.07 Å². The van der Waals surface area contributed by atoms with Crippen molar-refractivity contribution in [3.8, 4) is 6.07 Å². The first-order chi connectivity index (χ1) is 13.5. The first-order valence-electron chi connectivity index (χ1n) is 8.84. The van der Waals surface area contributed by atoms with Gasteiger partial charge in [0.2, 0.25) is 10.0 Å². The number of rotatable bonds is 5. The Morgan fingerprint density at radius 1 is 1.11 bits per heavy atom. The Bertz CT molecular complexity index is 1010. The maximum atomic E-state index is 12.9. The zero-order valence-corrected chi connectivity index (χ0v) is 16.4. The van der Waals surface area contributed by atoms with Crippen LogP contribution in [0.5, 0.6) is 0 Å². The van der Waals surface area contributed by atoms with Crippen molar-refractivity contribution in [3.63, 3.8) is 0 Å². The van der Waals surface area contributed by atoms with Gasteiger partial charge in [0.05, 0.1) is 17.1 Å². The molecule has 2 aromatic carbocycles. The minimum absolute atomic E-state index is 0.00421. The first-order valence-corrected chi connectivity index (χ1v) is 10.3. The highest BCUT2D eigenvalue weighted by atomic mass is 32.2. The molecular formula is C20H21N3O4S. The third-order valence-electron chi connectivity index (χ3n) is 4.64. The molecule has 7 nitrogen and oxygen atoms in total. The molecule has 0 bridgehead atoms. The van der Waals surface area contributed by atoms with Gasteiger partial charge in [-0.2, -0.15) is 9.57 Å². The summed E-state index contributed by atoms with van der Waals surface area (Å²) >= 11 is 0. The van der Waals surface area contributed by atoms with Crippen LogP contribution in [-0.2, 0) is 21.4 Å². The molecule has 0 atom stereocenters. The highest BCUT2D eigenvalue weighted by Gasteiger charge is 2.31. The van der Waals surface area contributed by atoms with Gasteiger partial charge in [0.25, 0.3) is 5.91 Å². The molecule has 1 aliphatic rings. The van der Waals surface area contributed by atoms with Gasteiger partial charge in [-0.1, -0.05) is 24.3 Å². The largest absolute Gasteiger partial charge is 0.380 e. The Morgan fingerprint density at radius 3 is 2.50 bits per heavy atom. The number of piperazine rings is 1. The molecule has 0 aliphatic carbocycles. The number of methoxy groups -OCH3 is 1. The van der Waals surface area contributed by atoms with Gasteiger partial charge in [0, 0.05) is 38.9 Å². The predicted octanol–water partition coefficient (Wildman–Crippen LogP) is 1.85. The van der Waals surface area contributed by atoms with E-state index in [2.05, 4.69) is 0 Å². The Balaban J connectivity index is 1.71. The van der Waals surface area contributed by atoms with Gasteiger partial charge in [0.15, 0.2) is 0 Å². The summed E-state index contributed by atoms with van der Waals surface area (Å²) in [5, 5.41) is 9.19. The van der Waals surface area contributed by atoms with Crippen LogP contribution in [0, 0.1) is 11.3 Å². The molecule has 0 radical (unpaired) electrons. The summed E-state index contributed by atoms with van der Waals surface area (Å²) < 4.78 is 32.2. The quantitative estimate of drug-likeness (QED) is 0.765. The Morgan fingerprint density at radius 2 is 1.82 bits per heavy atom. The molecule has 2 aromatic rings. The normalized spacial score (nSPS) is 15.2. The van der Waals surface area contributed by atoms with Crippen molar-refractivity contribution in [1.82, 2.24) is 9.21 Å². The third kappa shape index (κ3) is 4.07. The minimum Gasteiger partial charge on any atom is -0.380 e. The van der Waals surface area contributed by atoms with E-state index in [9.17, 15) is 18.5 Å².